The number of rotatable bonds is 7. The van der Waals surface area contributed by atoms with Crippen LogP contribution in [0.3, 0.4) is 0 Å². The minimum atomic E-state index is -0.361. The van der Waals surface area contributed by atoms with E-state index < -0.39 is 0 Å². The third-order valence-corrected chi connectivity index (χ3v) is 4.12. The maximum Gasteiger partial charge on any atom is 0.269 e. The number of halogens is 1. The van der Waals surface area contributed by atoms with Gasteiger partial charge in [0.15, 0.2) is 0 Å². The zero-order valence-electron chi connectivity index (χ0n) is 15.7. The van der Waals surface area contributed by atoms with Gasteiger partial charge in [-0.05, 0) is 55.3 Å². The third-order valence-electron chi connectivity index (χ3n) is 3.88. The summed E-state index contributed by atoms with van der Waals surface area (Å²) < 4.78 is 5.64. The van der Waals surface area contributed by atoms with Crippen LogP contribution in [0.1, 0.15) is 28.8 Å². The first kappa shape index (κ1) is 20.6. The van der Waals surface area contributed by atoms with Gasteiger partial charge in [-0.3, -0.25) is 20.4 Å². The summed E-state index contributed by atoms with van der Waals surface area (Å²) in [5.41, 5.74) is 7.17. The van der Waals surface area contributed by atoms with Crippen LogP contribution in [0.25, 0.3) is 0 Å². The molecule has 6 nitrogen and oxygen atoms in total. The van der Waals surface area contributed by atoms with E-state index in [0.717, 1.165) is 17.0 Å². The molecule has 0 aliphatic rings. The number of hydrogen-bond donors (Lipinski definition) is 2. The maximum atomic E-state index is 12.1. The van der Waals surface area contributed by atoms with E-state index in [-0.39, 0.29) is 18.2 Å². The molecule has 0 saturated heterocycles. The van der Waals surface area contributed by atoms with Crippen molar-refractivity contribution in [3.63, 3.8) is 0 Å². The summed E-state index contributed by atoms with van der Waals surface area (Å²) in [7, 11) is 3.79. The molecule has 0 aromatic heterocycles. The first-order valence-electron chi connectivity index (χ1n) is 8.62. The van der Waals surface area contributed by atoms with E-state index in [1.165, 1.54) is 0 Å². The van der Waals surface area contributed by atoms with Gasteiger partial charge in [-0.2, -0.15) is 0 Å². The van der Waals surface area contributed by atoms with Gasteiger partial charge in [-0.25, -0.2) is 0 Å². The molecular formula is C20H24ClN3O3. The van der Waals surface area contributed by atoms with E-state index in [2.05, 4.69) is 10.9 Å². The lowest BCUT2D eigenvalue weighted by atomic mass is 10.2. The van der Waals surface area contributed by atoms with Gasteiger partial charge >= 0.3 is 0 Å². The zero-order valence-corrected chi connectivity index (χ0v) is 16.5. The number of benzene rings is 2. The molecule has 27 heavy (non-hydrogen) atoms. The van der Waals surface area contributed by atoms with Crippen LogP contribution in [-0.4, -0.2) is 32.5 Å². The molecule has 7 heteroatoms. The standard InChI is InChI=1S/C20H24ClN3O3/c1-14-12-16(21)9-10-18(14)27-11-5-8-19(25)22-23-20(26)15-6-4-7-17(13-15)24(2)3/h4,6-7,9-10,12-13H,5,8,11H2,1-3H3,(H,22,25)(H,23,26). The van der Waals surface area contributed by atoms with E-state index in [9.17, 15) is 9.59 Å². The van der Waals surface area contributed by atoms with Crippen LogP contribution in [0, 0.1) is 6.92 Å². The monoisotopic (exact) mass is 389 g/mol. The highest BCUT2D eigenvalue weighted by Gasteiger charge is 2.09. The summed E-state index contributed by atoms with van der Waals surface area (Å²) in [6.45, 7) is 2.31. The predicted molar refractivity (Wildman–Crippen MR) is 107 cm³/mol. The molecule has 2 rings (SSSR count). The van der Waals surface area contributed by atoms with E-state index in [0.29, 0.717) is 23.6 Å². The van der Waals surface area contributed by atoms with Crippen LogP contribution >= 0.6 is 11.6 Å². The first-order chi connectivity index (χ1) is 12.9. The van der Waals surface area contributed by atoms with E-state index in [1.807, 2.05) is 38.1 Å². The minimum Gasteiger partial charge on any atom is -0.493 e. The maximum absolute atomic E-state index is 12.1. The van der Waals surface area contributed by atoms with Crippen LogP contribution in [-0.2, 0) is 4.79 Å². The smallest absolute Gasteiger partial charge is 0.269 e. The fourth-order valence-corrected chi connectivity index (χ4v) is 2.60. The Morgan fingerprint density at radius 3 is 2.59 bits per heavy atom. The van der Waals surface area contributed by atoms with Crippen LogP contribution < -0.4 is 20.5 Å². The van der Waals surface area contributed by atoms with E-state index in [4.69, 9.17) is 16.3 Å². The average molecular weight is 390 g/mol. The Bertz CT molecular complexity index is 809. The lowest BCUT2D eigenvalue weighted by Gasteiger charge is -2.13. The van der Waals surface area contributed by atoms with Gasteiger partial charge in [0.05, 0.1) is 6.61 Å². The highest BCUT2D eigenvalue weighted by atomic mass is 35.5. The summed E-state index contributed by atoms with van der Waals surface area (Å²) in [5.74, 6) is 0.109. The summed E-state index contributed by atoms with van der Waals surface area (Å²) in [6.07, 6.45) is 0.768. The largest absolute Gasteiger partial charge is 0.493 e. The van der Waals surface area contributed by atoms with Crippen molar-refractivity contribution < 1.29 is 14.3 Å². The first-order valence-corrected chi connectivity index (χ1v) is 9.00. The third kappa shape index (κ3) is 6.49. The number of amides is 2. The topological polar surface area (TPSA) is 70.7 Å². The molecule has 2 aromatic carbocycles. The van der Waals surface area contributed by atoms with Gasteiger partial charge in [-0.15, -0.1) is 0 Å². The molecule has 0 atom stereocenters. The van der Waals surface area contributed by atoms with Gasteiger partial charge in [0.1, 0.15) is 5.75 Å². The van der Waals surface area contributed by atoms with Crippen LogP contribution in [0.2, 0.25) is 5.02 Å². The van der Waals surface area contributed by atoms with Crippen molar-refractivity contribution in [2.24, 2.45) is 0 Å². The number of carbonyl (C=O) groups is 2. The quantitative estimate of drug-likeness (QED) is 0.563. The molecule has 2 aromatic rings. The molecule has 0 fully saturated rings. The second-order valence-electron chi connectivity index (χ2n) is 6.31. The van der Waals surface area contributed by atoms with Crippen LogP contribution in [0.15, 0.2) is 42.5 Å². The number of hydrazine groups is 1. The van der Waals surface area contributed by atoms with E-state index in [1.54, 1.807) is 30.3 Å². The number of carbonyl (C=O) groups excluding carboxylic acids is 2. The van der Waals surface area contributed by atoms with Crippen molar-refractivity contribution in [2.45, 2.75) is 19.8 Å². The summed E-state index contributed by atoms with van der Waals surface area (Å²) in [6, 6.07) is 12.5. The van der Waals surface area contributed by atoms with Crippen molar-refractivity contribution >= 4 is 29.1 Å². The summed E-state index contributed by atoms with van der Waals surface area (Å²) in [4.78, 5) is 25.9. The average Bonchev–Trinajstić information content (AvgIpc) is 2.64. The predicted octanol–water partition coefficient (Wildman–Crippen LogP) is 3.33. The van der Waals surface area contributed by atoms with Crippen molar-refractivity contribution in [1.82, 2.24) is 10.9 Å². The number of hydrogen-bond acceptors (Lipinski definition) is 4. The Hall–Kier alpha value is -2.73. The molecule has 0 heterocycles. The molecule has 144 valence electrons. The lowest BCUT2D eigenvalue weighted by Crippen LogP contribution is -2.41. The zero-order chi connectivity index (χ0) is 19.8. The Labute approximate surface area is 164 Å². The molecule has 0 spiro atoms. The summed E-state index contributed by atoms with van der Waals surface area (Å²) >= 11 is 5.90. The van der Waals surface area contributed by atoms with Gasteiger partial charge in [0.25, 0.3) is 5.91 Å². The molecule has 2 N–H and O–H groups in total. The Morgan fingerprint density at radius 2 is 1.89 bits per heavy atom. The van der Waals surface area contributed by atoms with Gasteiger partial charge in [0.2, 0.25) is 5.91 Å². The van der Waals surface area contributed by atoms with Gasteiger partial charge < -0.3 is 9.64 Å². The molecule has 0 aliphatic carbocycles. The number of nitrogens with zero attached hydrogens (tertiary/aromatic N) is 1. The van der Waals surface area contributed by atoms with Crippen molar-refractivity contribution in [3.05, 3.63) is 58.6 Å². The Kier molecular flexibility index (Phi) is 7.49. The molecule has 0 unspecified atom stereocenters. The molecular weight excluding hydrogens is 366 g/mol. The highest BCUT2D eigenvalue weighted by molar-refractivity contribution is 6.30. The van der Waals surface area contributed by atoms with Gasteiger partial charge in [0, 0.05) is 36.8 Å². The SMILES string of the molecule is Cc1cc(Cl)ccc1OCCCC(=O)NNC(=O)c1cccc(N(C)C)c1. The minimum absolute atomic E-state index is 0.241. The molecule has 2 amide bonds. The van der Waals surface area contributed by atoms with Crippen molar-refractivity contribution in [2.75, 3.05) is 25.6 Å². The van der Waals surface area contributed by atoms with E-state index >= 15 is 0 Å². The van der Waals surface area contributed by atoms with Crippen LogP contribution in [0.5, 0.6) is 5.75 Å². The fraction of sp³-hybridized carbons (Fsp3) is 0.300. The molecule has 0 radical (unpaired) electrons. The Balaban J connectivity index is 1.71. The second kappa shape index (κ2) is 9.83. The molecule has 0 bridgehead atoms. The number of ether oxygens (including phenoxy) is 1. The number of aryl methyl sites for hydroxylation is 1. The van der Waals surface area contributed by atoms with Gasteiger partial charge in [-0.1, -0.05) is 17.7 Å². The number of nitrogens with one attached hydrogen (secondary N) is 2. The normalized spacial score (nSPS) is 10.2. The summed E-state index contributed by atoms with van der Waals surface area (Å²) in [5, 5.41) is 0.658. The Morgan fingerprint density at radius 1 is 1.11 bits per heavy atom. The van der Waals surface area contributed by atoms with Crippen molar-refractivity contribution in [1.29, 1.82) is 0 Å². The molecule has 0 saturated carbocycles. The van der Waals surface area contributed by atoms with Crippen molar-refractivity contribution in [3.8, 4) is 5.75 Å². The second-order valence-corrected chi connectivity index (χ2v) is 6.75. The highest BCUT2D eigenvalue weighted by Crippen LogP contribution is 2.21. The molecule has 0 aliphatic heterocycles. The number of anilines is 1. The van der Waals surface area contributed by atoms with Crippen LogP contribution in [0.4, 0.5) is 5.69 Å². The lowest BCUT2D eigenvalue weighted by molar-refractivity contribution is -0.122. The fourth-order valence-electron chi connectivity index (χ4n) is 2.38.